The minimum atomic E-state index is -0.123. The Kier molecular flexibility index (Phi) is 5.55. The Balaban J connectivity index is 2.86. The number of rotatable bonds is 5. The molecule has 0 bridgehead atoms. The van der Waals surface area contributed by atoms with E-state index in [1.54, 1.807) is 4.90 Å². The number of amides is 2. The zero-order valence-electron chi connectivity index (χ0n) is 12.1. The van der Waals surface area contributed by atoms with E-state index in [2.05, 4.69) is 5.32 Å². The maximum absolute atomic E-state index is 12.4. The van der Waals surface area contributed by atoms with E-state index in [9.17, 15) is 9.59 Å². The van der Waals surface area contributed by atoms with Gasteiger partial charge >= 0.3 is 0 Å². The first-order valence-electron chi connectivity index (χ1n) is 6.62. The van der Waals surface area contributed by atoms with Gasteiger partial charge < -0.3 is 10.2 Å². The summed E-state index contributed by atoms with van der Waals surface area (Å²) in [7, 11) is 0. The molecular formula is C15H22N2O2. The van der Waals surface area contributed by atoms with E-state index in [4.69, 9.17) is 0 Å². The van der Waals surface area contributed by atoms with Crippen molar-refractivity contribution in [2.45, 2.75) is 27.7 Å². The molecule has 0 saturated heterocycles. The number of likely N-dealkylation sites (N-methyl/N-ethyl adjacent to an activating group) is 2. The van der Waals surface area contributed by atoms with E-state index in [1.165, 1.54) is 0 Å². The molecule has 0 atom stereocenters. The third-order valence-electron chi connectivity index (χ3n) is 2.99. The molecule has 4 heteroatoms. The second-order valence-electron chi connectivity index (χ2n) is 4.59. The van der Waals surface area contributed by atoms with Crippen LogP contribution in [0.15, 0.2) is 18.2 Å². The summed E-state index contributed by atoms with van der Waals surface area (Å²) in [6.07, 6.45) is 0. The van der Waals surface area contributed by atoms with Crippen LogP contribution in [0.25, 0.3) is 0 Å². The monoisotopic (exact) mass is 262 g/mol. The van der Waals surface area contributed by atoms with Crippen molar-refractivity contribution < 1.29 is 9.59 Å². The maximum Gasteiger partial charge on any atom is 0.254 e. The van der Waals surface area contributed by atoms with Crippen molar-refractivity contribution >= 4 is 11.8 Å². The van der Waals surface area contributed by atoms with Crippen LogP contribution in [-0.4, -0.2) is 36.3 Å². The number of nitrogens with one attached hydrogen (secondary N) is 1. The predicted molar refractivity (Wildman–Crippen MR) is 76.2 cm³/mol. The van der Waals surface area contributed by atoms with E-state index in [1.807, 2.05) is 45.9 Å². The third-order valence-corrected chi connectivity index (χ3v) is 2.99. The lowest BCUT2D eigenvalue weighted by Gasteiger charge is -2.21. The standard InChI is InChI=1S/C15H22N2O2/c1-5-16-14(18)10-17(6-2)15(19)13-8-7-11(3)9-12(13)4/h7-9H,5-6,10H2,1-4H3,(H,16,18). The highest BCUT2D eigenvalue weighted by Gasteiger charge is 2.18. The molecule has 1 rings (SSSR count). The maximum atomic E-state index is 12.4. The molecule has 0 saturated carbocycles. The van der Waals surface area contributed by atoms with Gasteiger partial charge in [-0.05, 0) is 39.3 Å². The normalized spacial score (nSPS) is 10.1. The highest BCUT2D eigenvalue weighted by Crippen LogP contribution is 2.13. The molecular weight excluding hydrogens is 240 g/mol. The molecule has 0 fully saturated rings. The Bertz CT molecular complexity index is 469. The Morgan fingerprint density at radius 2 is 1.89 bits per heavy atom. The quantitative estimate of drug-likeness (QED) is 0.881. The molecule has 19 heavy (non-hydrogen) atoms. The summed E-state index contributed by atoms with van der Waals surface area (Å²) in [4.78, 5) is 25.5. The van der Waals surface area contributed by atoms with Gasteiger partial charge in [0.15, 0.2) is 0 Å². The molecule has 0 heterocycles. The zero-order valence-corrected chi connectivity index (χ0v) is 12.1. The van der Waals surface area contributed by atoms with Gasteiger partial charge in [-0.25, -0.2) is 0 Å². The second-order valence-corrected chi connectivity index (χ2v) is 4.59. The molecule has 0 radical (unpaired) electrons. The van der Waals surface area contributed by atoms with Crippen LogP contribution in [0.5, 0.6) is 0 Å². The molecule has 1 N–H and O–H groups in total. The Hall–Kier alpha value is -1.84. The fourth-order valence-electron chi connectivity index (χ4n) is 1.98. The topological polar surface area (TPSA) is 49.4 Å². The Labute approximate surface area is 114 Å². The molecule has 4 nitrogen and oxygen atoms in total. The van der Waals surface area contributed by atoms with Crippen LogP contribution in [0.3, 0.4) is 0 Å². The molecule has 104 valence electrons. The minimum absolute atomic E-state index is 0.0914. The van der Waals surface area contributed by atoms with Gasteiger partial charge in [0.1, 0.15) is 0 Å². The molecule has 1 aromatic carbocycles. The third kappa shape index (κ3) is 4.09. The number of hydrogen-bond acceptors (Lipinski definition) is 2. The van der Waals surface area contributed by atoms with Crippen molar-refractivity contribution in [2.24, 2.45) is 0 Å². The summed E-state index contributed by atoms with van der Waals surface area (Å²) in [6.45, 7) is 8.85. The van der Waals surface area contributed by atoms with Gasteiger partial charge in [0.05, 0.1) is 6.54 Å². The lowest BCUT2D eigenvalue weighted by Crippen LogP contribution is -2.40. The van der Waals surface area contributed by atoms with Crippen molar-refractivity contribution in [3.8, 4) is 0 Å². The second kappa shape index (κ2) is 6.92. The van der Waals surface area contributed by atoms with Crippen molar-refractivity contribution in [1.29, 1.82) is 0 Å². The number of carbonyl (C=O) groups excluding carboxylic acids is 2. The van der Waals surface area contributed by atoms with Crippen LogP contribution < -0.4 is 5.32 Å². The Morgan fingerprint density at radius 1 is 1.21 bits per heavy atom. The first-order chi connectivity index (χ1) is 8.99. The van der Waals surface area contributed by atoms with Gasteiger partial charge in [0.2, 0.25) is 5.91 Å². The van der Waals surface area contributed by atoms with Crippen molar-refractivity contribution in [2.75, 3.05) is 19.6 Å². The van der Waals surface area contributed by atoms with Crippen molar-refractivity contribution in [1.82, 2.24) is 10.2 Å². The number of benzene rings is 1. The van der Waals surface area contributed by atoms with E-state index in [0.717, 1.165) is 11.1 Å². The van der Waals surface area contributed by atoms with Gasteiger partial charge in [0, 0.05) is 18.7 Å². The predicted octanol–water partition coefficient (Wildman–Crippen LogP) is 1.90. The number of hydrogen-bond donors (Lipinski definition) is 1. The van der Waals surface area contributed by atoms with Crippen LogP contribution in [-0.2, 0) is 4.79 Å². The number of aryl methyl sites for hydroxylation is 2. The molecule has 0 aliphatic heterocycles. The Morgan fingerprint density at radius 3 is 2.42 bits per heavy atom. The SMILES string of the molecule is CCNC(=O)CN(CC)C(=O)c1ccc(C)cc1C. The van der Waals surface area contributed by atoms with E-state index >= 15 is 0 Å². The summed E-state index contributed by atoms with van der Waals surface area (Å²) in [5.74, 6) is -0.214. The van der Waals surface area contributed by atoms with E-state index in [-0.39, 0.29) is 18.4 Å². The average molecular weight is 262 g/mol. The van der Waals surface area contributed by atoms with Gasteiger partial charge in [-0.1, -0.05) is 17.7 Å². The van der Waals surface area contributed by atoms with Crippen LogP contribution in [0.4, 0.5) is 0 Å². The fraction of sp³-hybridized carbons (Fsp3) is 0.467. The molecule has 2 amide bonds. The minimum Gasteiger partial charge on any atom is -0.355 e. The average Bonchev–Trinajstić information content (AvgIpc) is 2.35. The molecule has 0 spiro atoms. The molecule has 0 aromatic heterocycles. The van der Waals surface area contributed by atoms with Crippen LogP contribution in [0, 0.1) is 13.8 Å². The van der Waals surface area contributed by atoms with E-state index in [0.29, 0.717) is 18.7 Å². The van der Waals surface area contributed by atoms with Crippen molar-refractivity contribution in [3.05, 3.63) is 34.9 Å². The van der Waals surface area contributed by atoms with Gasteiger partial charge in [-0.2, -0.15) is 0 Å². The smallest absolute Gasteiger partial charge is 0.254 e. The van der Waals surface area contributed by atoms with Crippen molar-refractivity contribution in [3.63, 3.8) is 0 Å². The first-order valence-corrected chi connectivity index (χ1v) is 6.62. The summed E-state index contributed by atoms with van der Waals surface area (Å²) in [6, 6.07) is 5.72. The van der Waals surface area contributed by atoms with Gasteiger partial charge in [0.25, 0.3) is 5.91 Å². The molecule has 0 aliphatic rings. The molecule has 1 aromatic rings. The number of nitrogens with zero attached hydrogens (tertiary/aromatic N) is 1. The molecule has 0 unspecified atom stereocenters. The summed E-state index contributed by atoms with van der Waals surface area (Å²) >= 11 is 0. The number of carbonyl (C=O) groups is 2. The molecule has 0 aliphatic carbocycles. The first kappa shape index (κ1) is 15.2. The zero-order chi connectivity index (χ0) is 14.4. The lowest BCUT2D eigenvalue weighted by molar-refractivity contribution is -0.121. The van der Waals surface area contributed by atoms with Crippen LogP contribution >= 0.6 is 0 Å². The van der Waals surface area contributed by atoms with Crippen LogP contribution in [0.1, 0.15) is 35.3 Å². The van der Waals surface area contributed by atoms with Crippen LogP contribution in [0.2, 0.25) is 0 Å². The largest absolute Gasteiger partial charge is 0.355 e. The fourth-order valence-corrected chi connectivity index (χ4v) is 1.98. The summed E-state index contributed by atoms with van der Waals surface area (Å²) in [5, 5.41) is 2.71. The summed E-state index contributed by atoms with van der Waals surface area (Å²) in [5.41, 5.74) is 2.73. The lowest BCUT2D eigenvalue weighted by atomic mass is 10.0. The highest BCUT2D eigenvalue weighted by molar-refractivity contribution is 5.97. The van der Waals surface area contributed by atoms with Gasteiger partial charge in [-0.3, -0.25) is 9.59 Å². The highest BCUT2D eigenvalue weighted by atomic mass is 16.2. The summed E-state index contributed by atoms with van der Waals surface area (Å²) < 4.78 is 0. The van der Waals surface area contributed by atoms with E-state index < -0.39 is 0 Å². The van der Waals surface area contributed by atoms with Gasteiger partial charge in [-0.15, -0.1) is 0 Å².